The summed E-state index contributed by atoms with van der Waals surface area (Å²) in [6, 6.07) is 0. The highest BCUT2D eigenvalue weighted by Gasteiger charge is 2.12. The molecule has 0 bridgehead atoms. The quantitative estimate of drug-likeness (QED) is 0.0690. The summed E-state index contributed by atoms with van der Waals surface area (Å²) in [4.78, 5) is 2.20. The summed E-state index contributed by atoms with van der Waals surface area (Å²) < 4.78 is 6.03. The number of ether oxygens (including phenoxy) is 1. The zero-order chi connectivity index (χ0) is 30.1. The third-order valence-corrected chi connectivity index (χ3v) is 10.5. The molecule has 6 heteroatoms. The number of thioether (sulfide) groups is 2. The van der Waals surface area contributed by atoms with Crippen LogP contribution in [-0.2, 0) is 4.74 Å². The predicted molar refractivity (Wildman–Crippen MR) is 190 cm³/mol. The zero-order valence-electron chi connectivity index (χ0n) is 28.3. The molecule has 0 spiro atoms. The van der Waals surface area contributed by atoms with E-state index in [-0.39, 0.29) is 0 Å². The largest absolute Gasteiger partial charge is 0.389 e. The third-order valence-electron chi connectivity index (χ3n) is 7.75. The maximum Gasteiger partial charge on any atom is 0.0897 e. The minimum absolute atomic E-state index is 0.415. The average Bonchev–Trinajstić information content (AvgIpc) is 2.95. The minimum atomic E-state index is -0.415. The lowest BCUT2D eigenvalue weighted by Gasteiger charge is -2.19. The molecule has 0 aliphatic heterocycles. The zero-order valence-corrected chi connectivity index (χ0v) is 29.9. The van der Waals surface area contributed by atoms with Gasteiger partial charge in [-0.2, -0.15) is 23.5 Å². The normalized spacial score (nSPS) is 13.3. The molecule has 0 aromatic rings. The van der Waals surface area contributed by atoms with Crippen molar-refractivity contribution < 1.29 is 9.84 Å². The fraction of sp³-hybridized carbons (Fsp3) is 1.00. The van der Waals surface area contributed by atoms with Crippen LogP contribution in [0.15, 0.2) is 0 Å². The van der Waals surface area contributed by atoms with E-state index in [2.05, 4.69) is 61.7 Å². The lowest BCUT2D eigenvalue weighted by Crippen LogP contribution is -2.33. The third kappa shape index (κ3) is 34.9. The Bertz CT molecular complexity index is 485. The van der Waals surface area contributed by atoms with Crippen molar-refractivity contribution in [2.24, 2.45) is 0 Å². The van der Waals surface area contributed by atoms with Gasteiger partial charge >= 0.3 is 0 Å². The number of rotatable bonds is 35. The van der Waals surface area contributed by atoms with Gasteiger partial charge in [0.2, 0.25) is 0 Å². The van der Waals surface area contributed by atoms with Gasteiger partial charge in [0, 0.05) is 17.5 Å². The monoisotopic (exact) mass is 619 g/mol. The molecule has 248 valence electrons. The van der Waals surface area contributed by atoms with Crippen molar-refractivity contribution in [1.82, 2.24) is 10.2 Å². The maximum atomic E-state index is 10.3. The van der Waals surface area contributed by atoms with Crippen LogP contribution in [0.1, 0.15) is 149 Å². The van der Waals surface area contributed by atoms with E-state index in [0.717, 1.165) is 26.1 Å². The summed E-state index contributed by atoms with van der Waals surface area (Å²) in [5, 5.41) is 14.2. The molecule has 4 nitrogen and oxygen atoms in total. The maximum absolute atomic E-state index is 10.3. The molecule has 0 aliphatic rings. The van der Waals surface area contributed by atoms with Crippen molar-refractivity contribution in [1.29, 1.82) is 0 Å². The van der Waals surface area contributed by atoms with Crippen molar-refractivity contribution >= 4 is 23.5 Å². The highest BCUT2D eigenvalue weighted by atomic mass is 32.2. The van der Waals surface area contributed by atoms with Crippen molar-refractivity contribution in [3.63, 3.8) is 0 Å². The number of aliphatic hydroxyl groups is 1. The van der Waals surface area contributed by atoms with Crippen LogP contribution in [-0.4, -0.2) is 85.6 Å². The second-order valence-corrected chi connectivity index (χ2v) is 15.0. The Morgan fingerprint density at radius 1 is 0.634 bits per heavy atom. The van der Waals surface area contributed by atoms with Crippen molar-refractivity contribution in [3.8, 4) is 0 Å². The molecule has 0 heterocycles. The molecule has 0 rings (SSSR count). The Balaban J connectivity index is 4.02. The average molecular weight is 619 g/mol. The van der Waals surface area contributed by atoms with Gasteiger partial charge in [-0.05, 0) is 58.0 Å². The van der Waals surface area contributed by atoms with Gasteiger partial charge in [-0.1, -0.05) is 129 Å². The number of unbranched alkanes of at least 4 members (excludes halogenated alkanes) is 18. The number of nitrogens with one attached hydrogen (secondary N) is 1. The SMILES string of the molecule is CCCCCCCCCCCCSCC(COCC(O)CNCCCN(C)C)SCCCCCCCCCCCC. The van der Waals surface area contributed by atoms with Gasteiger partial charge in [-0.25, -0.2) is 0 Å². The van der Waals surface area contributed by atoms with E-state index in [1.54, 1.807) is 0 Å². The number of aliphatic hydroxyl groups excluding tert-OH is 1. The van der Waals surface area contributed by atoms with E-state index in [9.17, 15) is 5.11 Å². The Hall–Kier alpha value is 0.540. The van der Waals surface area contributed by atoms with Gasteiger partial charge in [0.1, 0.15) is 0 Å². The first-order valence-electron chi connectivity index (χ1n) is 17.9. The van der Waals surface area contributed by atoms with Gasteiger partial charge in [0.05, 0.1) is 19.3 Å². The van der Waals surface area contributed by atoms with Gasteiger partial charge in [0.25, 0.3) is 0 Å². The molecule has 0 amide bonds. The molecular formula is C35H74N2O2S2. The van der Waals surface area contributed by atoms with Crippen LogP contribution in [0.3, 0.4) is 0 Å². The van der Waals surface area contributed by atoms with E-state index in [1.807, 2.05) is 0 Å². The van der Waals surface area contributed by atoms with Crippen LogP contribution >= 0.6 is 23.5 Å². The molecule has 2 unspecified atom stereocenters. The molecule has 0 saturated heterocycles. The molecule has 0 aliphatic carbocycles. The molecule has 0 fully saturated rings. The number of nitrogens with zero attached hydrogens (tertiary/aromatic N) is 1. The van der Waals surface area contributed by atoms with Gasteiger partial charge < -0.3 is 20.1 Å². The molecule has 0 radical (unpaired) electrons. The Morgan fingerprint density at radius 3 is 1.63 bits per heavy atom. The number of hydrogen-bond donors (Lipinski definition) is 2. The first kappa shape index (κ1) is 41.5. The topological polar surface area (TPSA) is 44.7 Å². The fourth-order valence-corrected chi connectivity index (χ4v) is 7.58. The van der Waals surface area contributed by atoms with Crippen molar-refractivity contribution in [3.05, 3.63) is 0 Å². The predicted octanol–water partition coefficient (Wildman–Crippen LogP) is 9.58. The lowest BCUT2D eigenvalue weighted by atomic mass is 10.1. The Kier molecular flexibility index (Phi) is 35.5. The smallest absolute Gasteiger partial charge is 0.0897 e. The van der Waals surface area contributed by atoms with Crippen molar-refractivity contribution in [2.75, 3.05) is 64.2 Å². The molecule has 0 saturated carbocycles. The first-order valence-corrected chi connectivity index (χ1v) is 20.1. The minimum Gasteiger partial charge on any atom is -0.389 e. The lowest BCUT2D eigenvalue weighted by molar-refractivity contribution is 0.0390. The second-order valence-electron chi connectivity index (χ2n) is 12.5. The highest BCUT2D eigenvalue weighted by Crippen LogP contribution is 2.21. The molecule has 0 aromatic carbocycles. The Labute approximate surface area is 267 Å². The standard InChI is InChI=1S/C35H74N2O2S2/c1-5-7-9-11-13-15-17-19-21-23-28-40-33-35(32-39-31-34(38)30-36-26-25-27-37(3)4)41-29-24-22-20-18-16-14-12-10-8-6-2/h34-36,38H,5-33H2,1-4H3. The molecular weight excluding hydrogens is 545 g/mol. The van der Waals surface area contributed by atoms with E-state index < -0.39 is 6.10 Å². The van der Waals surface area contributed by atoms with E-state index in [1.165, 1.54) is 146 Å². The fourth-order valence-electron chi connectivity index (χ4n) is 5.07. The first-order chi connectivity index (χ1) is 20.1. The summed E-state index contributed by atoms with van der Waals surface area (Å²) in [5.41, 5.74) is 0. The summed E-state index contributed by atoms with van der Waals surface area (Å²) in [5.74, 6) is 3.71. The summed E-state index contributed by atoms with van der Waals surface area (Å²) in [6.45, 7) is 8.45. The van der Waals surface area contributed by atoms with Gasteiger partial charge in [0.15, 0.2) is 0 Å². The van der Waals surface area contributed by atoms with E-state index in [0.29, 0.717) is 18.4 Å². The van der Waals surface area contributed by atoms with Gasteiger partial charge in [-0.15, -0.1) is 0 Å². The summed E-state index contributed by atoms with van der Waals surface area (Å²) in [7, 11) is 4.20. The molecule has 0 aromatic heterocycles. The van der Waals surface area contributed by atoms with Crippen LogP contribution in [0.4, 0.5) is 0 Å². The molecule has 2 atom stereocenters. The molecule has 2 N–H and O–H groups in total. The number of hydrogen-bond acceptors (Lipinski definition) is 6. The van der Waals surface area contributed by atoms with Crippen LogP contribution in [0, 0.1) is 0 Å². The molecule has 41 heavy (non-hydrogen) atoms. The van der Waals surface area contributed by atoms with Gasteiger partial charge in [-0.3, -0.25) is 0 Å². The van der Waals surface area contributed by atoms with E-state index in [4.69, 9.17) is 4.74 Å². The second kappa shape index (κ2) is 35.0. The summed E-state index contributed by atoms with van der Waals surface area (Å²) in [6.07, 6.45) is 28.8. The highest BCUT2D eigenvalue weighted by molar-refractivity contribution is 8.03. The Morgan fingerprint density at radius 2 is 1.12 bits per heavy atom. The van der Waals surface area contributed by atoms with Crippen LogP contribution in [0.2, 0.25) is 0 Å². The van der Waals surface area contributed by atoms with E-state index >= 15 is 0 Å². The van der Waals surface area contributed by atoms with Crippen LogP contribution in [0.5, 0.6) is 0 Å². The van der Waals surface area contributed by atoms with Crippen LogP contribution < -0.4 is 5.32 Å². The van der Waals surface area contributed by atoms with Crippen molar-refractivity contribution in [2.45, 2.75) is 160 Å². The van der Waals surface area contributed by atoms with Crippen LogP contribution in [0.25, 0.3) is 0 Å². The summed E-state index contributed by atoms with van der Waals surface area (Å²) >= 11 is 4.24.